The monoisotopic (exact) mass is 266 g/mol. The van der Waals surface area contributed by atoms with Crippen molar-refractivity contribution >= 4 is 23.5 Å². The van der Waals surface area contributed by atoms with Gasteiger partial charge in [0.15, 0.2) is 10.5 Å². The van der Waals surface area contributed by atoms with E-state index in [1.807, 2.05) is 0 Å². The van der Waals surface area contributed by atoms with Crippen LogP contribution >= 0.6 is 0 Å². The molecule has 5 nitrogen and oxygen atoms in total. The summed E-state index contributed by atoms with van der Waals surface area (Å²) in [5.41, 5.74) is -0.746. The molecule has 7 heteroatoms. The van der Waals surface area contributed by atoms with Gasteiger partial charge in [-0.1, -0.05) is 13.8 Å². The topological polar surface area (TPSA) is 85.3 Å². The van der Waals surface area contributed by atoms with Crippen molar-refractivity contribution in [1.29, 1.82) is 0 Å². The molecule has 0 amide bonds. The quantitative estimate of drug-likeness (QED) is 0.663. The molecule has 0 bridgehead atoms. The molecule has 2 fully saturated rings. The van der Waals surface area contributed by atoms with Crippen LogP contribution in [0, 0.1) is 11.3 Å². The number of Topliss-reactive ketones (excluding diaryl/α,β-unsaturated/α-hetero) is 1. The Balaban J connectivity index is 2.71. The van der Waals surface area contributed by atoms with Gasteiger partial charge in [0.25, 0.3) is 17.7 Å². The summed E-state index contributed by atoms with van der Waals surface area (Å²) in [6.45, 7) is 3.30. The third-order valence-electron chi connectivity index (χ3n) is 4.10. The maximum atomic E-state index is 12.0. The number of fused-ring (bicyclic) bond motifs is 1. The molecule has 0 radical (unpaired) electrons. The van der Waals surface area contributed by atoms with Crippen molar-refractivity contribution < 1.29 is 21.6 Å². The first-order valence-electron chi connectivity index (χ1n) is 4.99. The summed E-state index contributed by atoms with van der Waals surface area (Å²) in [5.74, 6) is -0.778. The SMILES string of the molecule is CC1(C)[C@H]2CCC(=O)[C@]21S(=O)(=O)S(C)(=O)=O. The van der Waals surface area contributed by atoms with Crippen LogP contribution in [-0.2, 0) is 22.5 Å². The standard InChI is InChI=1S/C9H14O5S2/c1-8(2)6-4-5-7(10)9(6,8)16(13,14)15(3,11)12/h6H,4-5H2,1-3H3/t6-,9-/m1/s1. The van der Waals surface area contributed by atoms with Crippen molar-refractivity contribution in [1.82, 2.24) is 0 Å². The zero-order valence-electron chi connectivity index (χ0n) is 9.35. The molecule has 2 aliphatic carbocycles. The van der Waals surface area contributed by atoms with Crippen molar-refractivity contribution in [2.75, 3.05) is 6.26 Å². The predicted octanol–water partition coefficient (Wildman–Crippen LogP) is 0.119. The van der Waals surface area contributed by atoms with Crippen molar-refractivity contribution in [2.24, 2.45) is 11.3 Å². The van der Waals surface area contributed by atoms with Crippen LogP contribution in [0.25, 0.3) is 0 Å². The highest BCUT2D eigenvalue weighted by Gasteiger charge is 2.85. The molecule has 92 valence electrons. The Morgan fingerprint density at radius 1 is 1.19 bits per heavy atom. The van der Waals surface area contributed by atoms with Gasteiger partial charge in [-0.3, -0.25) is 4.79 Å². The van der Waals surface area contributed by atoms with E-state index in [9.17, 15) is 21.6 Å². The van der Waals surface area contributed by atoms with Gasteiger partial charge in [-0.15, -0.1) is 0 Å². The molecule has 0 unspecified atom stereocenters. The lowest BCUT2D eigenvalue weighted by Gasteiger charge is -2.16. The highest BCUT2D eigenvalue weighted by atomic mass is 33.2. The van der Waals surface area contributed by atoms with Crippen molar-refractivity contribution in [2.45, 2.75) is 31.4 Å². The van der Waals surface area contributed by atoms with Crippen LogP contribution < -0.4 is 0 Å². The van der Waals surface area contributed by atoms with Gasteiger partial charge in [-0.05, 0) is 17.8 Å². The van der Waals surface area contributed by atoms with Gasteiger partial charge < -0.3 is 0 Å². The van der Waals surface area contributed by atoms with E-state index in [4.69, 9.17) is 0 Å². The minimum atomic E-state index is -4.44. The van der Waals surface area contributed by atoms with Gasteiger partial charge in [0.2, 0.25) is 0 Å². The minimum Gasteiger partial charge on any atom is -0.298 e. The van der Waals surface area contributed by atoms with Crippen LogP contribution in [0.15, 0.2) is 0 Å². The summed E-state index contributed by atoms with van der Waals surface area (Å²) in [4.78, 5) is 11.8. The Kier molecular flexibility index (Phi) is 2.03. The number of carbonyl (C=O) groups is 1. The largest absolute Gasteiger partial charge is 0.298 e. The van der Waals surface area contributed by atoms with Crippen molar-refractivity contribution in [3.63, 3.8) is 0 Å². The molecule has 0 saturated heterocycles. The van der Waals surface area contributed by atoms with Gasteiger partial charge in [-0.2, -0.15) is 0 Å². The Labute approximate surface area is 94.5 Å². The number of rotatable bonds is 2. The molecule has 0 heterocycles. The lowest BCUT2D eigenvalue weighted by atomic mass is 10.00. The third-order valence-corrected chi connectivity index (χ3v) is 9.91. The number of hydrogen-bond acceptors (Lipinski definition) is 5. The first-order valence-corrected chi connectivity index (χ1v) is 8.88. The second-order valence-electron chi connectivity index (χ2n) is 5.13. The highest BCUT2D eigenvalue weighted by molar-refractivity contribution is 8.67. The van der Waals surface area contributed by atoms with E-state index in [2.05, 4.69) is 0 Å². The van der Waals surface area contributed by atoms with Crippen molar-refractivity contribution in [3.8, 4) is 0 Å². The second kappa shape index (κ2) is 2.69. The summed E-state index contributed by atoms with van der Waals surface area (Å²) in [7, 11) is -8.69. The van der Waals surface area contributed by atoms with Crippen molar-refractivity contribution in [3.05, 3.63) is 0 Å². The molecule has 2 atom stereocenters. The van der Waals surface area contributed by atoms with Gasteiger partial charge in [0, 0.05) is 6.42 Å². The van der Waals surface area contributed by atoms with E-state index in [-0.39, 0.29) is 12.3 Å². The van der Waals surface area contributed by atoms with Crippen LogP contribution in [0.3, 0.4) is 0 Å². The fourth-order valence-corrected chi connectivity index (χ4v) is 8.33. The average Bonchev–Trinajstić information content (AvgIpc) is 2.41. The molecule has 0 aromatic heterocycles. The summed E-state index contributed by atoms with van der Waals surface area (Å²) >= 11 is 0. The zero-order chi connectivity index (χ0) is 12.6. The molecule has 0 aromatic carbocycles. The number of ketones is 1. The summed E-state index contributed by atoms with van der Waals surface area (Å²) in [6, 6.07) is 0. The molecule has 0 aliphatic heterocycles. The fourth-order valence-electron chi connectivity index (χ4n) is 3.28. The summed E-state index contributed by atoms with van der Waals surface area (Å²) in [6.07, 6.45) is 1.30. The minimum absolute atomic E-state index is 0.169. The Morgan fingerprint density at radius 2 is 1.69 bits per heavy atom. The zero-order valence-corrected chi connectivity index (χ0v) is 11.0. The first-order chi connectivity index (χ1) is 7.01. The van der Waals surface area contributed by atoms with Gasteiger partial charge >= 0.3 is 0 Å². The number of hydrogen-bond donors (Lipinski definition) is 0. The highest BCUT2D eigenvalue weighted by Crippen LogP contribution is 2.72. The molecule has 0 N–H and O–H groups in total. The smallest absolute Gasteiger partial charge is 0.266 e. The average molecular weight is 266 g/mol. The van der Waals surface area contributed by atoms with Crippen LogP contribution in [0.4, 0.5) is 0 Å². The molecular formula is C9H14O5S2. The third kappa shape index (κ3) is 0.948. The van der Waals surface area contributed by atoms with Crippen LogP contribution in [0.2, 0.25) is 0 Å². The Morgan fingerprint density at radius 3 is 2.00 bits per heavy atom. The van der Waals surface area contributed by atoms with E-state index in [1.165, 1.54) is 0 Å². The molecule has 2 aliphatic rings. The summed E-state index contributed by atoms with van der Waals surface area (Å²) in [5, 5.41) is 0. The van der Waals surface area contributed by atoms with Gasteiger partial charge in [0.1, 0.15) is 0 Å². The van der Waals surface area contributed by atoms with Crippen LogP contribution in [-0.4, -0.2) is 33.6 Å². The molecule has 16 heavy (non-hydrogen) atoms. The maximum absolute atomic E-state index is 12.0. The van der Waals surface area contributed by atoms with E-state index < -0.39 is 33.7 Å². The lowest BCUT2D eigenvalue weighted by molar-refractivity contribution is -0.119. The Bertz CT molecular complexity index is 569. The van der Waals surface area contributed by atoms with Gasteiger partial charge in [0.05, 0.1) is 6.26 Å². The second-order valence-corrected chi connectivity index (χ2v) is 11.2. The summed E-state index contributed by atoms with van der Waals surface area (Å²) < 4.78 is 45.1. The number of carbonyl (C=O) groups excluding carboxylic acids is 1. The molecule has 0 spiro atoms. The molecule has 2 saturated carbocycles. The van der Waals surface area contributed by atoms with Gasteiger partial charge in [-0.25, -0.2) is 16.8 Å². The molecule has 0 aromatic rings. The van der Waals surface area contributed by atoms with E-state index in [0.717, 1.165) is 0 Å². The van der Waals surface area contributed by atoms with Crippen LogP contribution in [0.1, 0.15) is 26.7 Å². The Hall–Kier alpha value is -0.430. The normalized spacial score (nSPS) is 37.2. The predicted molar refractivity (Wildman–Crippen MR) is 58.0 cm³/mol. The first kappa shape index (κ1) is 12.0. The maximum Gasteiger partial charge on any atom is 0.266 e. The van der Waals surface area contributed by atoms with Crippen LogP contribution in [0.5, 0.6) is 0 Å². The molecular weight excluding hydrogens is 252 g/mol. The fraction of sp³-hybridized carbons (Fsp3) is 0.889. The lowest BCUT2D eigenvalue weighted by Crippen LogP contribution is -2.39. The van der Waals surface area contributed by atoms with E-state index in [0.29, 0.717) is 12.7 Å². The van der Waals surface area contributed by atoms with E-state index >= 15 is 0 Å². The van der Waals surface area contributed by atoms with E-state index in [1.54, 1.807) is 13.8 Å². The molecule has 2 rings (SSSR count).